The summed E-state index contributed by atoms with van der Waals surface area (Å²) >= 11 is 0. The molecule has 0 aromatic heterocycles. The lowest BCUT2D eigenvalue weighted by atomic mass is 9.72. The number of benzene rings is 2. The third-order valence-electron chi connectivity index (χ3n) is 4.47. The molecule has 0 saturated carbocycles. The minimum Gasteiger partial charge on any atom is -0.393 e. The number of esters is 2. The summed E-state index contributed by atoms with van der Waals surface area (Å²) in [6.07, 6.45) is 1.05. The molecule has 0 bridgehead atoms. The van der Waals surface area contributed by atoms with Crippen LogP contribution in [0.2, 0.25) is 0 Å². The quantitative estimate of drug-likeness (QED) is 0.595. The summed E-state index contributed by atoms with van der Waals surface area (Å²) in [5.74, 6) is -1.28. The Labute approximate surface area is 122 Å². The molecule has 1 atom stereocenters. The van der Waals surface area contributed by atoms with Gasteiger partial charge in [0.05, 0.1) is 12.3 Å². The van der Waals surface area contributed by atoms with Gasteiger partial charge in [-0.25, -0.2) is 0 Å². The number of carbonyl (C=O) groups is 2. The molecule has 3 heteroatoms. The highest BCUT2D eigenvalue weighted by Crippen LogP contribution is 2.44. The first-order valence-corrected chi connectivity index (χ1v) is 7.14. The monoisotopic (exact) mass is 278 g/mol. The molecule has 104 valence electrons. The van der Waals surface area contributed by atoms with E-state index in [9.17, 15) is 9.59 Å². The van der Waals surface area contributed by atoms with Crippen LogP contribution >= 0.6 is 0 Å². The van der Waals surface area contributed by atoms with Crippen molar-refractivity contribution in [2.24, 2.45) is 5.92 Å². The van der Waals surface area contributed by atoms with Gasteiger partial charge >= 0.3 is 11.9 Å². The summed E-state index contributed by atoms with van der Waals surface area (Å²) in [4.78, 5) is 23.5. The van der Waals surface area contributed by atoms with E-state index in [-0.39, 0.29) is 12.3 Å². The van der Waals surface area contributed by atoms with Crippen molar-refractivity contribution in [3.63, 3.8) is 0 Å². The molecule has 1 saturated heterocycles. The van der Waals surface area contributed by atoms with Gasteiger partial charge in [0.1, 0.15) is 0 Å². The van der Waals surface area contributed by atoms with E-state index in [0.29, 0.717) is 0 Å². The molecule has 1 unspecified atom stereocenters. The molecule has 0 N–H and O–H groups in total. The average molecular weight is 278 g/mol. The fourth-order valence-electron chi connectivity index (χ4n) is 3.55. The van der Waals surface area contributed by atoms with Crippen LogP contribution in [0.4, 0.5) is 0 Å². The van der Waals surface area contributed by atoms with E-state index in [2.05, 4.69) is 24.3 Å². The molecule has 1 fully saturated rings. The van der Waals surface area contributed by atoms with Crippen molar-refractivity contribution < 1.29 is 14.3 Å². The molecule has 1 heterocycles. The second-order valence-electron chi connectivity index (χ2n) is 5.66. The number of cyclic esters (lactones) is 2. The van der Waals surface area contributed by atoms with E-state index >= 15 is 0 Å². The zero-order chi connectivity index (χ0) is 14.4. The molecule has 1 aliphatic carbocycles. The van der Waals surface area contributed by atoms with Crippen molar-refractivity contribution in [3.8, 4) is 0 Å². The molecule has 21 heavy (non-hydrogen) atoms. The Morgan fingerprint density at radius 3 is 1.95 bits per heavy atom. The zero-order valence-electron chi connectivity index (χ0n) is 11.4. The van der Waals surface area contributed by atoms with Crippen molar-refractivity contribution in [1.82, 2.24) is 0 Å². The first-order valence-electron chi connectivity index (χ1n) is 7.14. The molecule has 1 aliphatic heterocycles. The van der Waals surface area contributed by atoms with Gasteiger partial charge in [-0.05, 0) is 28.7 Å². The van der Waals surface area contributed by atoms with Gasteiger partial charge in [-0.1, -0.05) is 48.5 Å². The van der Waals surface area contributed by atoms with Crippen LogP contribution in [-0.2, 0) is 20.7 Å². The summed E-state index contributed by atoms with van der Waals surface area (Å²) in [5.41, 5.74) is 4.75. The third kappa shape index (κ3) is 1.88. The average Bonchev–Trinajstić information content (AvgIpc) is 2.83. The fourth-order valence-corrected chi connectivity index (χ4v) is 3.55. The Morgan fingerprint density at radius 1 is 0.857 bits per heavy atom. The maximum atomic E-state index is 12.1. The van der Waals surface area contributed by atoms with Crippen LogP contribution in [0.25, 0.3) is 0 Å². The van der Waals surface area contributed by atoms with Crippen molar-refractivity contribution in [2.75, 3.05) is 0 Å². The Balaban J connectivity index is 1.89. The van der Waals surface area contributed by atoms with E-state index in [1.54, 1.807) is 0 Å². The molecule has 0 amide bonds. The number of rotatable bonds is 1. The highest BCUT2D eigenvalue weighted by Gasteiger charge is 2.43. The predicted molar refractivity (Wildman–Crippen MR) is 76.7 cm³/mol. The molecule has 2 aromatic carbocycles. The molecule has 4 rings (SSSR count). The highest BCUT2D eigenvalue weighted by atomic mass is 16.6. The fraction of sp³-hybridized carbons (Fsp3) is 0.222. The van der Waals surface area contributed by atoms with Crippen LogP contribution in [0.3, 0.4) is 0 Å². The van der Waals surface area contributed by atoms with Crippen LogP contribution in [-0.4, -0.2) is 11.9 Å². The lowest BCUT2D eigenvalue weighted by molar-refractivity contribution is -0.153. The van der Waals surface area contributed by atoms with Crippen molar-refractivity contribution in [2.45, 2.75) is 18.8 Å². The molecule has 2 aromatic rings. The van der Waals surface area contributed by atoms with Crippen LogP contribution in [0.5, 0.6) is 0 Å². The number of fused-ring (bicyclic) bond motifs is 2. The van der Waals surface area contributed by atoms with E-state index < -0.39 is 17.9 Å². The second kappa shape index (κ2) is 4.55. The predicted octanol–water partition coefficient (Wildman–Crippen LogP) is 2.81. The SMILES string of the molecule is O=C1CC(C2c3ccccc3Cc3ccccc32)C(=O)O1. The molecule has 0 spiro atoms. The smallest absolute Gasteiger partial charge is 0.318 e. The zero-order valence-corrected chi connectivity index (χ0v) is 11.4. The van der Waals surface area contributed by atoms with E-state index in [1.807, 2.05) is 24.3 Å². The largest absolute Gasteiger partial charge is 0.393 e. The first kappa shape index (κ1) is 12.3. The van der Waals surface area contributed by atoms with E-state index in [0.717, 1.165) is 17.5 Å². The summed E-state index contributed by atoms with van der Waals surface area (Å²) in [6.45, 7) is 0. The molecule has 3 nitrogen and oxygen atoms in total. The van der Waals surface area contributed by atoms with Gasteiger partial charge in [0, 0.05) is 5.92 Å². The van der Waals surface area contributed by atoms with Gasteiger partial charge in [-0.15, -0.1) is 0 Å². The van der Waals surface area contributed by atoms with Gasteiger partial charge in [0.25, 0.3) is 0 Å². The Bertz CT molecular complexity index is 702. The number of carbonyl (C=O) groups excluding carboxylic acids is 2. The normalized spacial score (nSPS) is 20.9. The van der Waals surface area contributed by atoms with Gasteiger partial charge in [-0.3, -0.25) is 9.59 Å². The van der Waals surface area contributed by atoms with Crippen molar-refractivity contribution in [1.29, 1.82) is 0 Å². The first-order chi connectivity index (χ1) is 10.2. The summed E-state index contributed by atoms with van der Waals surface area (Å²) < 4.78 is 4.78. The minimum absolute atomic E-state index is 0.0786. The van der Waals surface area contributed by atoms with Crippen molar-refractivity contribution in [3.05, 3.63) is 70.8 Å². The van der Waals surface area contributed by atoms with Crippen LogP contribution < -0.4 is 0 Å². The van der Waals surface area contributed by atoms with Crippen LogP contribution in [0.15, 0.2) is 48.5 Å². The third-order valence-corrected chi connectivity index (χ3v) is 4.47. The highest BCUT2D eigenvalue weighted by molar-refractivity contribution is 5.95. The topological polar surface area (TPSA) is 43.4 Å². The van der Waals surface area contributed by atoms with E-state index in [1.165, 1.54) is 11.1 Å². The Morgan fingerprint density at radius 2 is 1.43 bits per heavy atom. The Kier molecular flexibility index (Phi) is 2.67. The lowest BCUT2D eigenvalue weighted by Crippen LogP contribution is -2.24. The molecule has 2 aliphatic rings. The second-order valence-corrected chi connectivity index (χ2v) is 5.66. The molecule has 0 radical (unpaired) electrons. The van der Waals surface area contributed by atoms with E-state index in [4.69, 9.17) is 4.74 Å². The van der Waals surface area contributed by atoms with Gasteiger partial charge < -0.3 is 4.74 Å². The molecular weight excluding hydrogens is 264 g/mol. The van der Waals surface area contributed by atoms with Crippen LogP contribution in [0.1, 0.15) is 34.6 Å². The number of ether oxygens (including phenoxy) is 1. The number of hydrogen-bond donors (Lipinski definition) is 0. The maximum Gasteiger partial charge on any atom is 0.318 e. The van der Waals surface area contributed by atoms with Crippen LogP contribution in [0, 0.1) is 5.92 Å². The number of hydrogen-bond acceptors (Lipinski definition) is 3. The van der Waals surface area contributed by atoms with Gasteiger partial charge in [-0.2, -0.15) is 0 Å². The minimum atomic E-state index is -0.412. The Hall–Kier alpha value is -2.42. The lowest BCUT2D eigenvalue weighted by Gasteiger charge is -2.30. The summed E-state index contributed by atoms with van der Waals surface area (Å²) in [7, 11) is 0. The standard InChI is InChI=1S/C18H14O3/c19-16-10-15(18(20)21-16)17-13-7-3-1-5-11(13)9-12-6-2-4-8-14(12)17/h1-8,15,17H,9-10H2. The summed E-state index contributed by atoms with van der Waals surface area (Å²) in [6, 6.07) is 16.3. The van der Waals surface area contributed by atoms with Crippen molar-refractivity contribution >= 4 is 11.9 Å². The van der Waals surface area contributed by atoms with Gasteiger partial charge in [0.2, 0.25) is 0 Å². The summed E-state index contributed by atoms with van der Waals surface area (Å²) in [5, 5.41) is 0. The maximum absolute atomic E-state index is 12.1. The molecular formula is C18H14O3. The van der Waals surface area contributed by atoms with Gasteiger partial charge in [0.15, 0.2) is 0 Å².